The minimum atomic E-state index is -0.936. The van der Waals surface area contributed by atoms with Crippen LogP contribution >= 0.6 is 0 Å². The van der Waals surface area contributed by atoms with Crippen molar-refractivity contribution in [3.8, 4) is 5.75 Å². The molecule has 152 valence electrons. The largest absolute Gasteiger partial charge is 0.494 e. The van der Waals surface area contributed by atoms with Crippen molar-refractivity contribution in [2.24, 2.45) is 0 Å². The van der Waals surface area contributed by atoms with Gasteiger partial charge >= 0.3 is 11.8 Å². The Balaban J connectivity index is 1.62. The van der Waals surface area contributed by atoms with Crippen LogP contribution in [0.5, 0.6) is 5.75 Å². The zero-order valence-electron chi connectivity index (χ0n) is 15.9. The number of nitro groups is 1. The van der Waals surface area contributed by atoms with Crippen LogP contribution in [0.4, 0.5) is 28.4 Å². The van der Waals surface area contributed by atoms with Gasteiger partial charge in [-0.25, -0.2) is 0 Å². The second-order valence-corrected chi connectivity index (χ2v) is 6.12. The van der Waals surface area contributed by atoms with E-state index in [1.807, 2.05) is 30.3 Å². The van der Waals surface area contributed by atoms with E-state index in [9.17, 15) is 19.7 Å². The van der Waals surface area contributed by atoms with Crippen molar-refractivity contribution in [2.45, 2.75) is 0 Å². The van der Waals surface area contributed by atoms with Crippen LogP contribution in [0.2, 0.25) is 0 Å². The molecule has 0 aliphatic heterocycles. The summed E-state index contributed by atoms with van der Waals surface area (Å²) in [4.78, 5) is 34.6. The molecular formula is C21H18N4O5. The molecule has 0 heterocycles. The second-order valence-electron chi connectivity index (χ2n) is 6.12. The third kappa shape index (κ3) is 5.10. The van der Waals surface area contributed by atoms with E-state index in [4.69, 9.17) is 4.74 Å². The number of methoxy groups -OCH3 is 1. The summed E-state index contributed by atoms with van der Waals surface area (Å²) in [6.45, 7) is 0. The summed E-state index contributed by atoms with van der Waals surface area (Å²) < 4.78 is 5.04. The van der Waals surface area contributed by atoms with Crippen LogP contribution < -0.4 is 20.7 Å². The normalized spacial score (nSPS) is 10.0. The molecule has 0 bridgehead atoms. The molecule has 0 spiro atoms. The van der Waals surface area contributed by atoms with Gasteiger partial charge in [-0.2, -0.15) is 0 Å². The lowest BCUT2D eigenvalue weighted by molar-refractivity contribution is -0.384. The molecule has 9 nitrogen and oxygen atoms in total. The zero-order valence-corrected chi connectivity index (χ0v) is 15.9. The molecule has 9 heteroatoms. The summed E-state index contributed by atoms with van der Waals surface area (Å²) in [5.41, 5.74) is 2.12. The minimum absolute atomic E-state index is 0.0710. The number of carbonyl (C=O) groups is 2. The average Bonchev–Trinajstić information content (AvgIpc) is 2.76. The molecule has 3 rings (SSSR count). The van der Waals surface area contributed by atoms with E-state index in [-0.39, 0.29) is 17.1 Å². The summed E-state index contributed by atoms with van der Waals surface area (Å²) >= 11 is 0. The Hall–Kier alpha value is -4.40. The third-order valence-corrected chi connectivity index (χ3v) is 4.06. The molecule has 3 N–H and O–H groups in total. The Morgan fingerprint density at radius 3 is 2.07 bits per heavy atom. The Kier molecular flexibility index (Phi) is 6.23. The van der Waals surface area contributed by atoms with Gasteiger partial charge in [0.05, 0.1) is 23.8 Å². The molecule has 0 unspecified atom stereocenters. The van der Waals surface area contributed by atoms with Crippen molar-refractivity contribution in [1.29, 1.82) is 0 Å². The van der Waals surface area contributed by atoms with Crippen molar-refractivity contribution >= 4 is 40.3 Å². The van der Waals surface area contributed by atoms with Gasteiger partial charge in [-0.15, -0.1) is 0 Å². The van der Waals surface area contributed by atoms with Crippen LogP contribution in [0.1, 0.15) is 0 Å². The number of ether oxygens (including phenoxy) is 1. The highest BCUT2D eigenvalue weighted by molar-refractivity contribution is 6.43. The standard InChI is InChI=1S/C21H18N4O5/c1-30-19-13-17(25(28)29)11-12-18(19)24-21(27)20(26)23-16-9-7-15(8-10-16)22-14-5-3-2-4-6-14/h2-13,22H,1H3,(H,23,26)(H,24,27). The number of anilines is 4. The minimum Gasteiger partial charge on any atom is -0.494 e. The van der Waals surface area contributed by atoms with Crippen molar-refractivity contribution in [1.82, 2.24) is 0 Å². The fourth-order valence-electron chi connectivity index (χ4n) is 2.59. The topological polar surface area (TPSA) is 123 Å². The van der Waals surface area contributed by atoms with E-state index < -0.39 is 16.7 Å². The molecule has 0 fully saturated rings. The Labute approximate surface area is 171 Å². The summed E-state index contributed by atoms with van der Waals surface area (Å²) in [6, 6.07) is 20.1. The summed E-state index contributed by atoms with van der Waals surface area (Å²) in [5, 5.41) is 18.9. The number of para-hydroxylation sites is 1. The number of nitrogens with one attached hydrogen (secondary N) is 3. The van der Waals surface area contributed by atoms with Gasteiger partial charge in [0.15, 0.2) is 0 Å². The van der Waals surface area contributed by atoms with Crippen molar-refractivity contribution in [2.75, 3.05) is 23.1 Å². The van der Waals surface area contributed by atoms with Crippen LogP contribution in [0.3, 0.4) is 0 Å². The maximum Gasteiger partial charge on any atom is 0.314 e. The third-order valence-electron chi connectivity index (χ3n) is 4.06. The maximum atomic E-state index is 12.2. The van der Waals surface area contributed by atoms with Crippen molar-refractivity contribution < 1.29 is 19.2 Å². The second kappa shape index (κ2) is 9.20. The molecule has 0 aliphatic rings. The van der Waals surface area contributed by atoms with E-state index in [1.54, 1.807) is 24.3 Å². The van der Waals surface area contributed by atoms with Gasteiger partial charge in [-0.05, 0) is 42.5 Å². The number of hydrogen-bond acceptors (Lipinski definition) is 6. The van der Waals surface area contributed by atoms with Gasteiger partial charge in [0, 0.05) is 23.1 Å². The molecule has 0 saturated heterocycles. The van der Waals surface area contributed by atoms with Crippen molar-refractivity contribution in [3.63, 3.8) is 0 Å². The molecule has 0 aliphatic carbocycles. The number of non-ortho nitro benzene ring substituents is 1. The van der Waals surface area contributed by atoms with Crippen LogP contribution in [-0.2, 0) is 9.59 Å². The first-order valence-electron chi connectivity index (χ1n) is 8.83. The predicted molar refractivity (Wildman–Crippen MR) is 113 cm³/mol. The first-order chi connectivity index (χ1) is 14.5. The highest BCUT2D eigenvalue weighted by Gasteiger charge is 2.18. The number of carbonyl (C=O) groups excluding carboxylic acids is 2. The quantitative estimate of drug-likeness (QED) is 0.324. The van der Waals surface area contributed by atoms with Crippen LogP contribution in [-0.4, -0.2) is 23.8 Å². The van der Waals surface area contributed by atoms with E-state index in [0.717, 1.165) is 17.4 Å². The average molecular weight is 406 g/mol. The number of hydrogen-bond donors (Lipinski definition) is 3. The van der Waals surface area contributed by atoms with Crippen molar-refractivity contribution in [3.05, 3.63) is 82.9 Å². The van der Waals surface area contributed by atoms with Gasteiger partial charge in [-0.3, -0.25) is 19.7 Å². The predicted octanol–water partition coefficient (Wildman–Crippen LogP) is 3.92. The lowest BCUT2D eigenvalue weighted by Gasteiger charge is -2.11. The number of benzene rings is 3. The number of rotatable bonds is 6. The molecule has 0 aromatic heterocycles. The SMILES string of the molecule is COc1cc([N+](=O)[O-])ccc1NC(=O)C(=O)Nc1ccc(Nc2ccccc2)cc1. The fraction of sp³-hybridized carbons (Fsp3) is 0.0476. The van der Waals surface area contributed by atoms with E-state index in [1.165, 1.54) is 19.2 Å². The van der Waals surface area contributed by atoms with Crippen LogP contribution in [0.15, 0.2) is 72.8 Å². The molecule has 30 heavy (non-hydrogen) atoms. The van der Waals surface area contributed by atoms with Crippen LogP contribution in [0, 0.1) is 10.1 Å². The van der Waals surface area contributed by atoms with Crippen LogP contribution in [0.25, 0.3) is 0 Å². The molecule has 0 saturated carbocycles. The molecular weight excluding hydrogens is 388 g/mol. The van der Waals surface area contributed by atoms with Gasteiger partial charge < -0.3 is 20.7 Å². The molecule has 3 aromatic carbocycles. The highest BCUT2D eigenvalue weighted by atomic mass is 16.6. The fourth-order valence-corrected chi connectivity index (χ4v) is 2.59. The smallest absolute Gasteiger partial charge is 0.314 e. The molecule has 2 amide bonds. The Morgan fingerprint density at radius 2 is 1.43 bits per heavy atom. The lowest BCUT2D eigenvalue weighted by atomic mass is 10.2. The molecule has 3 aromatic rings. The zero-order chi connectivity index (χ0) is 21.5. The van der Waals surface area contributed by atoms with Gasteiger partial charge in [-0.1, -0.05) is 18.2 Å². The summed E-state index contributed by atoms with van der Waals surface area (Å²) in [7, 11) is 1.31. The van der Waals surface area contributed by atoms with Gasteiger partial charge in [0.2, 0.25) is 0 Å². The number of nitro benzene ring substituents is 1. The number of amides is 2. The Morgan fingerprint density at radius 1 is 0.833 bits per heavy atom. The number of nitrogens with zero attached hydrogens (tertiary/aromatic N) is 1. The van der Waals surface area contributed by atoms with E-state index in [2.05, 4.69) is 16.0 Å². The Bertz CT molecular complexity index is 1070. The van der Waals surface area contributed by atoms with E-state index >= 15 is 0 Å². The summed E-state index contributed by atoms with van der Waals surface area (Å²) in [5.74, 6) is -1.76. The monoisotopic (exact) mass is 406 g/mol. The summed E-state index contributed by atoms with van der Waals surface area (Å²) in [6.07, 6.45) is 0. The van der Waals surface area contributed by atoms with Gasteiger partial charge in [0.25, 0.3) is 5.69 Å². The van der Waals surface area contributed by atoms with Gasteiger partial charge in [0.1, 0.15) is 5.75 Å². The first kappa shape index (κ1) is 20.3. The highest BCUT2D eigenvalue weighted by Crippen LogP contribution is 2.29. The van der Waals surface area contributed by atoms with E-state index in [0.29, 0.717) is 5.69 Å². The lowest BCUT2D eigenvalue weighted by Crippen LogP contribution is -2.29. The molecule has 0 radical (unpaired) electrons. The first-order valence-corrected chi connectivity index (χ1v) is 8.83. The molecule has 0 atom stereocenters. The maximum absolute atomic E-state index is 12.2.